The second kappa shape index (κ2) is 8.48. The Morgan fingerprint density at radius 2 is 1.90 bits per heavy atom. The molecule has 2 fully saturated rings. The third kappa shape index (κ3) is 4.21. The molecule has 2 aliphatic heterocycles. The largest absolute Gasteiger partial charge is 0.415 e. The molecule has 2 heterocycles. The van der Waals surface area contributed by atoms with E-state index in [-0.39, 0.29) is 12.5 Å². The fraction of sp³-hybridized carbons (Fsp3) is 0.304. The maximum Gasteiger partial charge on any atom is 0.415 e. The second-order valence-corrected chi connectivity index (χ2v) is 7.74. The van der Waals surface area contributed by atoms with Crippen LogP contribution in [0.25, 0.3) is 0 Å². The number of amides is 4. The van der Waals surface area contributed by atoms with Crippen molar-refractivity contribution in [1.82, 2.24) is 15.1 Å². The lowest BCUT2D eigenvalue weighted by molar-refractivity contribution is -0.132. The monoisotopic (exact) mass is 418 g/mol. The number of nitrogens with one attached hydrogen (secondary N) is 1. The normalized spacial score (nSPS) is 20.9. The number of hydrogen-bond acceptors (Lipinski definition) is 5. The molecule has 0 bridgehead atoms. The Balaban J connectivity index is 1.43. The minimum atomic E-state index is -1.02. The van der Waals surface area contributed by atoms with E-state index in [1.54, 1.807) is 53.4 Å². The van der Waals surface area contributed by atoms with Gasteiger partial charge in [-0.1, -0.05) is 30.3 Å². The topological polar surface area (TPSA) is 103 Å². The summed E-state index contributed by atoms with van der Waals surface area (Å²) < 4.78 is 5.41. The van der Waals surface area contributed by atoms with Gasteiger partial charge in [0.15, 0.2) is 0 Å². The van der Waals surface area contributed by atoms with Crippen molar-refractivity contribution in [2.24, 2.45) is 0 Å². The highest BCUT2D eigenvalue weighted by Crippen LogP contribution is 2.31. The molecule has 4 amide bonds. The summed E-state index contributed by atoms with van der Waals surface area (Å²) >= 11 is 0. The summed E-state index contributed by atoms with van der Waals surface area (Å²) in [5.41, 5.74) is 0.161. The van der Waals surface area contributed by atoms with Crippen molar-refractivity contribution in [3.63, 3.8) is 0 Å². The van der Waals surface area contributed by atoms with Crippen molar-refractivity contribution < 1.29 is 19.1 Å². The van der Waals surface area contributed by atoms with Gasteiger partial charge in [-0.05, 0) is 49.1 Å². The van der Waals surface area contributed by atoms with Crippen LogP contribution in [0.3, 0.4) is 0 Å². The molecule has 1 atom stereocenters. The van der Waals surface area contributed by atoms with Crippen molar-refractivity contribution in [1.29, 1.82) is 5.26 Å². The van der Waals surface area contributed by atoms with E-state index in [1.807, 2.05) is 6.07 Å². The van der Waals surface area contributed by atoms with E-state index in [0.717, 1.165) is 0 Å². The van der Waals surface area contributed by atoms with E-state index in [4.69, 9.17) is 10.00 Å². The van der Waals surface area contributed by atoms with Gasteiger partial charge in [0.1, 0.15) is 11.3 Å². The minimum absolute atomic E-state index is 0.0989. The van der Waals surface area contributed by atoms with Crippen LogP contribution in [0.1, 0.15) is 30.4 Å². The molecule has 1 N–H and O–H groups in total. The van der Waals surface area contributed by atoms with Crippen LogP contribution >= 0.6 is 0 Å². The number of nitriles is 1. The first-order valence-electron chi connectivity index (χ1n) is 10.2. The lowest BCUT2D eigenvalue weighted by atomic mass is 9.90. The highest BCUT2D eigenvalue weighted by molar-refractivity contribution is 6.07. The van der Waals surface area contributed by atoms with Crippen LogP contribution in [0, 0.1) is 11.3 Å². The van der Waals surface area contributed by atoms with Crippen LogP contribution in [0.2, 0.25) is 0 Å². The predicted molar refractivity (Wildman–Crippen MR) is 111 cm³/mol. The van der Waals surface area contributed by atoms with Crippen LogP contribution in [0.15, 0.2) is 54.6 Å². The lowest BCUT2D eigenvalue weighted by Gasteiger charge is -2.25. The molecule has 0 radical (unpaired) electrons. The van der Waals surface area contributed by atoms with E-state index in [0.29, 0.717) is 49.2 Å². The van der Waals surface area contributed by atoms with Gasteiger partial charge < -0.3 is 15.0 Å². The molecule has 2 aromatic carbocycles. The molecule has 4 rings (SSSR count). The zero-order valence-electron chi connectivity index (χ0n) is 16.9. The molecular weight excluding hydrogens is 396 g/mol. The third-order valence-corrected chi connectivity index (χ3v) is 5.69. The third-order valence-electron chi connectivity index (χ3n) is 5.69. The molecule has 2 aromatic rings. The number of likely N-dealkylation sites (tertiary alicyclic amines) is 1. The standard InChI is InChI=1S/C23H22N4O4/c24-15-17-6-4-7-18(14-17)16-27-20(28)23(25-21(27)29)10-5-12-26(13-11-23)22(30)31-19-8-2-1-3-9-19/h1-4,6-9,14H,5,10-13,16H2,(H,25,29). The number of hydrogen-bond donors (Lipinski definition) is 1. The zero-order valence-corrected chi connectivity index (χ0v) is 16.9. The molecule has 158 valence electrons. The molecule has 2 aliphatic rings. The first kappa shape index (κ1) is 20.4. The smallest absolute Gasteiger partial charge is 0.410 e. The molecule has 0 aromatic heterocycles. The molecule has 2 saturated heterocycles. The minimum Gasteiger partial charge on any atom is -0.410 e. The van der Waals surface area contributed by atoms with Gasteiger partial charge >= 0.3 is 12.1 Å². The van der Waals surface area contributed by atoms with Crippen LogP contribution in [0.5, 0.6) is 5.75 Å². The Hall–Kier alpha value is -3.86. The predicted octanol–water partition coefficient (Wildman–Crippen LogP) is 3.03. The SMILES string of the molecule is N#Cc1cccc(CN2C(=O)NC3(CCCN(C(=O)Oc4ccccc4)CC3)C2=O)c1. The van der Waals surface area contributed by atoms with Gasteiger partial charge in [-0.2, -0.15) is 5.26 Å². The highest BCUT2D eigenvalue weighted by atomic mass is 16.6. The Kier molecular flexibility index (Phi) is 5.58. The van der Waals surface area contributed by atoms with Gasteiger partial charge in [0.2, 0.25) is 0 Å². The molecule has 8 heteroatoms. The fourth-order valence-electron chi connectivity index (χ4n) is 4.05. The lowest BCUT2D eigenvalue weighted by Crippen LogP contribution is -2.48. The van der Waals surface area contributed by atoms with Crippen LogP contribution in [0.4, 0.5) is 9.59 Å². The van der Waals surface area contributed by atoms with E-state index >= 15 is 0 Å². The van der Waals surface area contributed by atoms with E-state index in [9.17, 15) is 14.4 Å². The average molecular weight is 418 g/mol. The van der Waals surface area contributed by atoms with Crippen LogP contribution in [-0.4, -0.2) is 46.5 Å². The zero-order chi connectivity index (χ0) is 21.8. The number of ether oxygens (including phenoxy) is 1. The molecule has 8 nitrogen and oxygen atoms in total. The number of para-hydroxylation sites is 1. The van der Waals surface area contributed by atoms with Gasteiger partial charge in [0.25, 0.3) is 5.91 Å². The van der Waals surface area contributed by atoms with E-state index in [1.165, 1.54) is 4.90 Å². The van der Waals surface area contributed by atoms with Crippen molar-refractivity contribution in [2.75, 3.05) is 13.1 Å². The molecule has 1 unspecified atom stereocenters. The molecule has 0 aliphatic carbocycles. The summed E-state index contributed by atoms with van der Waals surface area (Å²) in [5.74, 6) is 0.167. The maximum atomic E-state index is 13.2. The Labute approximate surface area is 180 Å². The first-order chi connectivity index (χ1) is 15.0. The van der Waals surface area contributed by atoms with Crippen LogP contribution < -0.4 is 10.1 Å². The summed E-state index contributed by atoms with van der Waals surface area (Å²) in [6.07, 6.45) is 0.857. The highest BCUT2D eigenvalue weighted by Gasteiger charge is 2.51. The summed E-state index contributed by atoms with van der Waals surface area (Å²) in [4.78, 5) is 41.1. The van der Waals surface area contributed by atoms with Gasteiger partial charge in [-0.3, -0.25) is 9.69 Å². The second-order valence-electron chi connectivity index (χ2n) is 7.74. The molecule has 31 heavy (non-hydrogen) atoms. The number of carbonyl (C=O) groups excluding carboxylic acids is 3. The maximum absolute atomic E-state index is 13.2. The molecule has 1 spiro atoms. The number of urea groups is 1. The Morgan fingerprint density at radius 1 is 1.10 bits per heavy atom. The van der Waals surface area contributed by atoms with Gasteiger partial charge in [-0.25, -0.2) is 9.59 Å². The van der Waals surface area contributed by atoms with Gasteiger partial charge in [-0.15, -0.1) is 0 Å². The van der Waals surface area contributed by atoms with Crippen molar-refractivity contribution in [3.8, 4) is 11.8 Å². The number of nitrogens with zero attached hydrogens (tertiary/aromatic N) is 3. The molecule has 0 saturated carbocycles. The number of benzene rings is 2. The van der Waals surface area contributed by atoms with E-state index < -0.39 is 17.7 Å². The van der Waals surface area contributed by atoms with E-state index in [2.05, 4.69) is 11.4 Å². The molecular formula is C23H22N4O4. The van der Waals surface area contributed by atoms with Gasteiger partial charge in [0.05, 0.1) is 18.2 Å². The quantitative estimate of drug-likeness (QED) is 0.772. The summed E-state index contributed by atoms with van der Waals surface area (Å²) in [5, 5.41) is 11.9. The number of carbonyl (C=O) groups is 3. The van der Waals surface area contributed by atoms with Crippen molar-refractivity contribution in [3.05, 3.63) is 65.7 Å². The van der Waals surface area contributed by atoms with Crippen molar-refractivity contribution in [2.45, 2.75) is 31.3 Å². The number of imide groups is 1. The first-order valence-corrected chi connectivity index (χ1v) is 10.2. The summed E-state index contributed by atoms with van der Waals surface area (Å²) in [6.45, 7) is 0.845. The average Bonchev–Trinajstić information content (AvgIpc) is 2.92. The van der Waals surface area contributed by atoms with Gasteiger partial charge in [0, 0.05) is 13.1 Å². The fourth-order valence-corrected chi connectivity index (χ4v) is 4.05. The van der Waals surface area contributed by atoms with Crippen LogP contribution in [-0.2, 0) is 11.3 Å². The Morgan fingerprint density at radius 3 is 2.68 bits per heavy atom. The summed E-state index contributed by atoms with van der Waals surface area (Å²) in [6, 6.07) is 17.3. The Bertz CT molecular complexity index is 1050. The number of rotatable bonds is 3. The van der Waals surface area contributed by atoms with Crippen molar-refractivity contribution >= 4 is 18.0 Å². The summed E-state index contributed by atoms with van der Waals surface area (Å²) in [7, 11) is 0.